The topological polar surface area (TPSA) is 58.6 Å². The summed E-state index contributed by atoms with van der Waals surface area (Å²) in [5, 5.41) is 0. The Balaban J connectivity index is 1.55. The smallest absolute Gasteiger partial charge is 0.282 e. The minimum Gasteiger partial charge on any atom is -0.475 e. The molecule has 1 aromatic rings. The van der Waals surface area contributed by atoms with E-state index in [0.717, 1.165) is 24.3 Å². The van der Waals surface area contributed by atoms with Gasteiger partial charge in [-0.3, -0.25) is 4.79 Å². The van der Waals surface area contributed by atoms with E-state index in [1.165, 1.54) is 11.1 Å². The molecule has 0 bridgehead atoms. The summed E-state index contributed by atoms with van der Waals surface area (Å²) in [5.74, 6) is -0.110. The zero-order chi connectivity index (χ0) is 18.3. The van der Waals surface area contributed by atoms with Crippen molar-refractivity contribution < 1.29 is 18.3 Å². The molecule has 1 atom stereocenters. The van der Waals surface area contributed by atoms with Crippen LogP contribution in [-0.4, -0.2) is 70.5 Å². The Hall–Kier alpha value is -1.64. The van der Waals surface area contributed by atoms with Gasteiger partial charge in [0.25, 0.3) is 17.7 Å². The van der Waals surface area contributed by atoms with Crippen LogP contribution < -0.4 is 9.64 Å². The summed E-state index contributed by atoms with van der Waals surface area (Å²) in [6.45, 7) is 2.38. The first-order chi connectivity index (χ1) is 12.4. The molecule has 1 aromatic heterocycles. The molecule has 1 amide bonds. The van der Waals surface area contributed by atoms with Gasteiger partial charge in [0.2, 0.25) is 0 Å². The van der Waals surface area contributed by atoms with E-state index in [1.807, 2.05) is 18.7 Å². The number of aromatic nitrogens is 2. The molecule has 2 saturated heterocycles. The maximum atomic E-state index is 13.2. The fourth-order valence-electron chi connectivity index (χ4n) is 3.10. The van der Waals surface area contributed by atoms with Crippen molar-refractivity contribution in [1.29, 1.82) is 0 Å². The van der Waals surface area contributed by atoms with Gasteiger partial charge in [-0.05, 0) is 25.7 Å². The maximum Gasteiger partial charge on any atom is 0.282 e. The van der Waals surface area contributed by atoms with E-state index < -0.39 is 19.0 Å². The maximum absolute atomic E-state index is 13.2. The minimum atomic E-state index is -2.70. The number of nitrogens with zero attached hydrogens (tertiary/aromatic N) is 4. The molecule has 3 fully saturated rings. The molecule has 0 aromatic carbocycles. The first-order valence-electron chi connectivity index (χ1n) is 8.94. The number of carbonyl (C=O) groups excluding carboxylic acids is 1. The fourth-order valence-corrected chi connectivity index (χ4v) is 4.12. The number of amides is 1. The lowest BCUT2D eigenvalue weighted by Gasteiger charge is -2.39. The summed E-state index contributed by atoms with van der Waals surface area (Å²) in [4.78, 5) is 24.7. The van der Waals surface area contributed by atoms with Crippen LogP contribution in [0.25, 0.3) is 0 Å². The highest BCUT2D eigenvalue weighted by Crippen LogP contribution is 2.36. The van der Waals surface area contributed by atoms with E-state index in [2.05, 4.69) is 9.97 Å². The van der Waals surface area contributed by atoms with Crippen LogP contribution in [0.4, 0.5) is 14.6 Å². The molecule has 1 aliphatic carbocycles. The molecule has 3 aliphatic rings. The second-order valence-electron chi connectivity index (χ2n) is 7.27. The number of anilines is 1. The summed E-state index contributed by atoms with van der Waals surface area (Å²) in [7, 11) is 0. The highest BCUT2D eigenvalue weighted by molar-refractivity contribution is 7.99. The van der Waals surface area contributed by atoms with E-state index in [9.17, 15) is 13.6 Å². The van der Waals surface area contributed by atoms with Crippen molar-refractivity contribution in [3.05, 3.63) is 11.9 Å². The molecule has 1 saturated carbocycles. The number of thioether (sulfide) groups is 1. The standard InChI is InChI=1S/C17H22F2N4O2S/c1-11-8-26-5-4-23(11)16(24)13-6-20-14(22-9-17(18,19)10-22)15(21-13)25-7-12-2-3-12/h6,11-12H,2-5,7-10H2,1H3. The molecular formula is C17H22F2N4O2S. The third-order valence-electron chi connectivity index (χ3n) is 4.87. The Morgan fingerprint density at radius 1 is 1.42 bits per heavy atom. The molecule has 0 spiro atoms. The molecule has 1 unspecified atom stereocenters. The van der Waals surface area contributed by atoms with Gasteiger partial charge in [0.05, 0.1) is 25.9 Å². The van der Waals surface area contributed by atoms with Crippen LogP contribution in [0.15, 0.2) is 6.20 Å². The highest BCUT2D eigenvalue weighted by atomic mass is 32.2. The number of hydrogen-bond acceptors (Lipinski definition) is 6. The SMILES string of the molecule is CC1CSCCN1C(=O)c1cnc(N2CC(F)(F)C2)c(OCC2CC2)n1. The number of halogens is 2. The normalized spacial score (nSPS) is 25.0. The van der Waals surface area contributed by atoms with Crippen LogP contribution in [-0.2, 0) is 0 Å². The third kappa shape index (κ3) is 3.72. The van der Waals surface area contributed by atoms with E-state index in [-0.39, 0.29) is 23.5 Å². The van der Waals surface area contributed by atoms with Crippen molar-refractivity contribution in [3.8, 4) is 5.88 Å². The average Bonchev–Trinajstić information content (AvgIpc) is 3.42. The van der Waals surface area contributed by atoms with Crippen LogP contribution in [0.3, 0.4) is 0 Å². The molecular weight excluding hydrogens is 362 g/mol. The van der Waals surface area contributed by atoms with Gasteiger partial charge in [0.1, 0.15) is 0 Å². The van der Waals surface area contributed by atoms with Gasteiger partial charge in [-0.25, -0.2) is 18.7 Å². The van der Waals surface area contributed by atoms with Crippen molar-refractivity contribution in [2.75, 3.05) is 42.6 Å². The summed E-state index contributed by atoms with van der Waals surface area (Å²) in [6, 6.07) is 0.132. The van der Waals surface area contributed by atoms with Crippen molar-refractivity contribution >= 4 is 23.5 Å². The molecule has 3 heterocycles. The van der Waals surface area contributed by atoms with E-state index in [4.69, 9.17) is 4.74 Å². The predicted octanol–water partition coefficient (Wildman–Crippen LogP) is 2.30. The highest BCUT2D eigenvalue weighted by Gasteiger charge is 2.46. The van der Waals surface area contributed by atoms with Crippen LogP contribution in [0.2, 0.25) is 0 Å². The van der Waals surface area contributed by atoms with Gasteiger partial charge in [0.15, 0.2) is 11.5 Å². The Kier molecular flexibility index (Phi) is 4.66. The van der Waals surface area contributed by atoms with Gasteiger partial charge in [-0.1, -0.05) is 0 Å². The second-order valence-corrected chi connectivity index (χ2v) is 8.42. The number of rotatable bonds is 5. The zero-order valence-corrected chi connectivity index (χ0v) is 15.5. The minimum absolute atomic E-state index is 0.132. The number of alkyl halides is 2. The Morgan fingerprint density at radius 3 is 2.85 bits per heavy atom. The molecule has 142 valence electrons. The Bertz CT molecular complexity index is 693. The molecule has 0 N–H and O–H groups in total. The van der Waals surface area contributed by atoms with Gasteiger partial charge >= 0.3 is 0 Å². The summed E-state index contributed by atoms with van der Waals surface area (Å²) >= 11 is 1.83. The zero-order valence-electron chi connectivity index (χ0n) is 14.7. The number of carbonyl (C=O) groups is 1. The third-order valence-corrected chi connectivity index (χ3v) is 6.06. The van der Waals surface area contributed by atoms with Crippen LogP contribution >= 0.6 is 11.8 Å². The molecule has 9 heteroatoms. The van der Waals surface area contributed by atoms with Gasteiger partial charge in [-0.2, -0.15) is 11.8 Å². The lowest BCUT2D eigenvalue weighted by atomic mass is 10.1. The van der Waals surface area contributed by atoms with Crippen molar-refractivity contribution in [2.45, 2.75) is 31.7 Å². The molecule has 2 aliphatic heterocycles. The Morgan fingerprint density at radius 2 is 2.19 bits per heavy atom. The average molecular weight is 384 g/mol. The monoisotopic (exact) mass is 384 g/mol. The molecule has 4 rings (SSSR count). The first kappa shape index (κ1) is 17.8. The number of hydrogen-bond donors (Lipinski definition) is 0. The van der Waals surface area contributed by atoms with Crippen LogP contribution in [0, 0.1) is 5.92 Å². The van der Waals surface area contributed by atoms with Crippen molar-refractivity contribution in [2.24, 2.45) is 5.92 Å². The van der Waals surface area contributed by atoms with E-state index >= 15 is 0 Å². The van der Waals surface area contributed by atoms with E-state index in [0.29, 0.717) is 24.9 Å². The van der Waals surface area contributed by atoms with Crippen LogP contribution in [0.1, 0.15) is 30.3 Å². The molecule has 26 heavy (non-hydrogen) atoms. The second kappa shape index (κ2) is 6.83. The number of ether oxygens (including phenoxy) is 1. The Labute approximate surface area is 155 Å². The van der Waals surface area contributed by atoms with Gasteiger partial charge < -0.3 is 14.5 Å². The van der Waals surface area contributed by atoms with E-state index in [1.54, 1.807) is 4.90 Å². The first-order valence-corrected chi connectivity index (χ1v) is 10.1. The lowest BCUT2D eigenvalue weighted by Crippen LogP contribution is -2.56. The van der Waals surface area contributed by atoms with Crippen molar-refractivity contribution in [1.82, 2.24) is 14.9 Å². The van der Waals surface area contributed by atoms with Crippen LogP contribution in [0.5, 0.6) is 5.88 Å². The lowest BCUT2D eigenvalue weighted by molar-refractivity contribution is -0.0270. The van der Waals surface area contributed by atoms with Gasteiger partial charge in [-0.15, -0.1) is 0 Å². The quantitative estimate of drug-likeness (QED) is 0.777. The summed E-state index contributed by atoms with van der Waals surface area (Å²) in [5.41, 5.74) is 0.214. The largest absolute Gasteiger partial charge is 0.475 e. The summed E-state index contributed by atoms with van der Waals surface area (Å²) in [6.07, 6.45) is 3.59. The van der Waals surface area contributed by atoms with Crippen molar-refractivity contribution in [3.63, 3.8) is 0 Å². The molecule has 6 nitrogen and oxygen atoms in total. The van der Waals surface area contributed by atoms with Gasteiger partial charge in [0, 0.05) is 24.1 Å². The fraction of sp³-hybridized carbons (Fsp3) is 0.706. The predicted molar refractivity (Wildman–Crippen MR) is 95.2 cm³/mol. The summed E-state index contributed by atoms with van der Waals surface area (Å²) < 4.78 is 32.2. The molecule has 0 radical (unpaired) electrons.